The number of aliphatic hydroxyl groups excluding tert-OH is 2. The first-order valence-corrected chi connectivity index (χ1v) is 12.6. The molecule has 0 heterocycles. The lowest BCUT2D eigenvalue weighted by Gasteiger charge is -2.20. The summed E-state index contributed by atoms with van der Waals surface area (Å²) in [5.74, 6) is -2.45. The van der Waals surface area contributed by atoms with Gasteiger partial charge < -0.3 is 20.1 Å². The van der Waals surface area contributed by atoms with Crippen LogP contribution in [0, 0.1) is 0 Å². The largest absolute Gasteiger partial charge is 0.481 e. The van der Waals surface area contributed by atoms with Crippen LogP contribution in [0.2, 0.25) is 0 Å². The molecule has 7 nitrogen and oxygen atoms in total. The second-order valence-corrected chi connectivity index (χ2v) is 8.72. The van der Waals surface area contributed by atoms with Gasteiger partial charge in [0.25, 0.3) is 0 Å². The van der Waals surface area contributed by atoms with E-state index in [-0.39, 0.29) is 12.8 Å². The minimum absolute atomic E-state index is 0.159. The summed E-state index contributed by atoms with van der Waals surface area (Å²) in [5.41, 5.74) is 0. The van der Waals surface area contributed by atoms with Gasteiger partial charge in [0, 0.05) is 6.42 Å². The molecule has 0 aliphatic carbocycles. The molecule has 0 aromatic rings. The van der Waals surface area contributed by atoms with Crippen molar-refractivity contribution in [2.24, 2.45) is 0 Å². The molecule has 32 heavy (non-hydrogen) atoms. The molecule has 0 saturated carbocycles. The van der Waals surface area contributed by atoms with Crippen LogP contribution in [0.1, 0.15) is 122 Å². The number of carboxylic acid groups (broad SMARTS) is 1. The monoisotopic (exact) mass is 458 g/mol. The van der Waals surface area contributed by atoms with Crippen molar-refractivity contribution in [2.45, 2.75) is 135 Å². The average Bonchev–Trinajstić information content (AvgIpc) is 2.77. The Morgan fingerprint density at radius 1 is 0.688 bits per heavy atom. The number of carbonyl (C=O) groups is 3. The molecule has 3 N–H and O–H groups in total. The summed E-state index contributed by atoms with van der Waals surface area (Å²) in [5, 5.41) is 27.5. The van der Waals surface area contributed by atoms with E-state index in [0.29, 0.717) is 6.42 Å². The molecular formula is C25H46O7. The highest BCUT2D eigenvalue weighted by Gasteiger charge is 2.29. The van der Waals surface area contributed by atoms with E-state index in [9.17, 15) is 19.5 Å². The Morgan fingerprint density at radius 3 is 1.53 bits per heavy atom. The number of esters is 1. The minimum atomic E-state index is -1.49. The number of hydrogen-bond acceptors (Lipinski definition) is 6. The lowest BCUT2D eigenvalue weighted by atomic mass is 10.0. The molecule has 7 heteroatoms. The van der Waals surface area contributed by atoms with Crippen LogP contribution in [-0.2, 0) is 19.1 Å². The van der Waals surface area contributed by atoms with Gasteiger partial charge in [0.15, 0.2) is 11.9 Å². The van der Waals surface area contributed by atoms with Gasteiger partial charge in [-0.15, -0.1) is 0 Å². The van der Waals surface area contributed by atoms with Crippen molar-refractivity contribution in [3.05, 3.63) is 0 Å². The van der Waals surface area contributed by atoms with Crippen LogP contribution in [0.4, 0.5) is 0 Å². The molecule has 0 aliphatic rings. The predicted octanol–water partition coefficient (Wildman–Crippen LogP) is 4.95. The molecule has 0 rings (SSSR count). The van der Waals surface area contributed by atoms with Crippen molar-refractivity contribution in [1.82, 2.24) is 0 Å². The summed E-state index contributed by atoms with van der Waals surface area (Å²) in [6, 6.07) is 0. The molecule has 0 amide bonds. The molecule has 0 aliphatic heterocycles. The zero-order chi connectivity index (χ0) is 24.0. The molecule has 0 fully saturated rings. The van der Waals surface area contributed by atoms with Gasteiger partial charge in [0.2, 0.25) is 0 Å². The third-order valence-electron chi connectivity index (χ3n) is 5.68. The maximum atomic E-state index is 12.3. The lowest BCUT2D eigenvalue weighted by Crippen LogP contribution is -2.40. The molecule has 0 radical (unpaired) electrons. The number of rotatable bonds is 23. The molecular weight excluding hydrogens is 412 g/mol. The zero-order valence-corrected chi connectivity index (χ0v) is 20.1. The lowest BCUT2D eigenvalue weighted by molar-refractivity contribution is -0.164. The molecule has 188 valence electrons. The van der Waals surface area contributed by atoms with Crippen molar-refractivity contribution in [3.8, 4) is 0 Å². The average molecular weight is 459 g/mol. The highest BCUT2D eigenvalue weighted by Crippen LogP contribution is 2.15. The fourth-order valence-corrected chi connectivity index (χ4v) is 3.68. The van der Waals surface area contributed by atoms with Gasteiger partial charge in [-0.25, -0.2) is 0 Å². The summed E-state index contributed by atoms with van der Waals surface area (Å²) in [6.45, 7) is 1.54. The number of hydrogen-bond donors (Lipinski definition) is 3. The molecule has 0 spiro atoms. The minimum Gasteiger partial charge on any atom is -0.481 e. The fourth-order valence-electron chi connectivity index (χ4n) is 3.68. The Bertz CT molecular complexity index is 493. The van der Waals surface area contributed by atoms with E-state index in [0.717, 1.165) is 19.3 Å². The van der Waals surface area contributed by atoms with Gasteiger partial charge in [-0.3, -0.25) is 14.4 Å². The van der Waals surface area contributed by atoms with Crippen LogP contribution in [0.15, 0.2) is 0 Å². The topological polar surface area (TPSA) is 121 Å². The van der Waals surface area contributed by atoms with Crippen molar-refractivity contribution in [1.29, 1.82) is 0 Å². The molecule has 2 unspecified atom stereocenters. The van der Waals surface area contributed by atoms with Crippen molar-refractivity contribution in [3.63, 3.8) is 0 Å². The summed E-state index contributed by atoms with van der Waals surface area (Å²) in [6.07, 6.45) is 14.7. The van der Waals surface area contributed by atoms with Gasteiger partial charge >= 0.3 is 11.9 Å². The Morgan fingerprint density at radius 2 is 1.12 bits per heavy atom. The second-order valence-electron chi connectivity index (χ2n) is 8.72. The van der Waals surface area contributed by atoms with Crippen molar-refractivity contribution in [2.75, 3.05) is 6.61 Å². The van der Waals surface area contributed by atoms with Crippen molar-refractivity contribution < 1.29 is 34.4 Å². The van der Waals surface area contributed by atoms with Crippen LogP contribution in [0.5, 0.6) is 0 Å². The smallest absolute Gasteiger partial charge is 0.307 e. The number of ether oxygens (including phenoxy) is 1. The third kappa shape index (κ3) is 18.1. The van der Waals surface area contributed by atoms with E-state index < -0.39 is 43.0 Å². The van der Waals surface area contributed by atoms with E-state index in [2.05, 4.69) is 6.92 Å². The van der Waals surface area contributed by atoms with Gasteiger partial charge in [0.1, 0.15) is 6.10 Å². The van der Waals surface area contributed by atoms with Crippen LogP contribution in [0.25, 0.3) is 0 Å². The quantitative estimate of drug-likeness (QED) is 0.146. The Hall–Kier alpha value is -1.47. The summed E-state index contributed by atoms with van der Waals surface area (Å²) in [7, 11) is 0. The van der Waals surface area contributed by atoms with Gasteiger partial charge in [-0.1, -0.05) is 96.8 Å². The van der Waals surface area contributed by atoms with E-state index in [4.69, 9.17) is 14.9 Å². The van der Waals surface area contributed by atoms with Crippen LogP contribution >= 0.6 is 0 Å². The van der Waals surface area contributed by atoms with Gasteiger partial charge in [-0.2, -0.15) is 0 Å². The molecule has 0 bridgehead atoms. The van der Waals surface area contributed by atoms with Gasteiger partial charge in [-0.05, 0) is 6.42 Å². The highest BCUT2D eigenvalue weighted by molar-refractivity contribution is 5.86. The van der Waals surface area contributed by atoms with Crippen LogP contribution < -0.4 is 0 Å². The maximum Gasteiger partial charge on any atom is 0.307 e. The standard InChI is InChI=1S/C25H46O7/c1-2-3-4-5-6-7-8-9-10-11-12-13-14-15-16-17-21(27)25(22(28)20-26)32-24(31)19-18-23(29)30/h22,25-26,28H,2-20H2,1H3,(H,29,30). The Balaban J connectivity index is 3.77. The maximum absolute atomic E-state index is 12.3. The normalized spacial score (nSPS) is 13.0. The first-order valence-electron chi connectivity index (χ1n) is 12.6. The first kappa shape index (κ1) is 30.5. The summed E-state index contributed by atoms with van der Waals surface area (Å²) < 4.78 is 4.93. The van der Waals surface area contributed by atoms with E-state index in [1.54, 1.807) is 0 Å². The number of unbranched alkanes of at least 4 members (excludes halogenated alkanes) is 14. The van der Waals surface area contributed by atoms with E-state index in [1.165, 1.54) is 70.6 Å². The fraction of sp³-hybridized carbons (Fsp3) is 0.880. The first-order chi connectivity index (χ1) is 15.4. The van der Waals surface area contributed by atoms with Crippen LogP contribution in [0.3, 0.4) is 0 Å². The third-order valence-corrected chi connectivity index (χ3v) is 5.68. The van der Waals surface area contributed by atoms with E-state index >= 15 is 0 Å². The zero-order valence-electron chi connectivity index (χ0n) is 20.1. The van der Waals surface area contributed by atoms with Crippen molar-refractivity contribution >= 4 is 17.7 Å². The van der Waals surface area contributed by atoms with Crippen LogP contribution in [-0.4, -0.2) is 51.9 Å². The highest BCUT2D eigenvalue weighted by atomic mass is 16.6. The summed E-state index contributed by atoms with van der Waals surface area (Å²) in [4.78, 5) is 34.5. The number of aliphatic hydroxyl groups is 2. The second kappa shape index (κ2) is 21.4. The number of Topliss-reactive ketones (excluding diaryl/α,β-unsaturated/α-hetero) is 1. The summed E-state index contributed by atoms with van der Waals surface area (Å²) >= 11 is 0. The predicted molar refractivity (Wildman–Crippen MR) is 124 cm³/mol. The molecule has 0 aromatic heterocycles. The number of carbonyl (C=O) groups excluding carboxylic acids is 2. The Kier molecular flexibility index (Phi) is 20.4. The molecule has 2 atom stereocenters. The molecule has 0 saturated heterocycles. The number of ketones is 1. The molecule has 0 aromatic carbocycles. The number of carboxylic acids is 1. The SMILES string of the molecule is CCCCCCCCCCCCCCCCCC(=O)C(OC(=O)CCC(=O)O)C(O)CO. The number of aliphatic carboxylic acids is 1. The Labute approximate surface area is 193 Å². The van der Waals surface area contributed by atoms with E-state index in [1.807, 2.05) is 0 Å². The van der Waals surface area contributed by atoms with Gasteiger partial charge in [0.05, 0.1) is 19.4 Å².